The Morgan fingerprint density at radius 2 is 1.78 bits per heavy atom. The summed E-state index contributed by atoms with van der Waals surface area (Å²) < 4.78 is 36.8. The number of hydrogen-bond acceptors (Lipinski definition) is 6. The van der Waals surface area contributed by atoms with E-state index in [0.29, 0.717) is 5.56 Å². The molecule has 0 radical (unpaired) electrons. The van der Waals surface area contributed by atoms with Gasteiger partial charge >= 0.3 is 13.1 Å². The molecule has 1 atom stereocenters. The summed E-state index contributed by atoms with van der Waals surface area (Å²) in [4.78, 5) is 21.8. The lowest BCUT2D eigenvalue weighted by Gasteiger charge is -2.24. The Morgan fingerprint density at radius 1 is 1.26 bits per heavy atom. The van der Waals surface area contributed by atoms with E-state index in [-0.39, 0.29) is 13.2 Å². The van der Waals surface area contributed by atoms with Gasteiger partial charge in [-0.25, -0.2) is 4.57 Å². The minimum Gasteiger partial charge on any atom is -0.302 e. The summed E-state index contributed by atoms with van der Waals surface area (Å²) >= 11 is 0. The van der Waals surface area contributed by atoms with Crippen LogP contribution in [0.3, 0.4) is 0 Å². The van der Waals surface area contributed by atoms with E-state index in [1.807, 2.05) is 0 Å². The van der Waals surface area contributed by atoms with Crippen LogP contribution in [-0.2, 0) is 13.6 Å². The summed E-state index contributed by atoms with van der Waals surface area (Å²) in [5, 5.41) is 11.2. The number of nitro groups is 1. The number of hydrogen-bond donors (Lipinski definition) is 0. The van der Waals surface area contributed by atoms with Gasteiger partial charge in [-0.1, -0.05) is 30.3 Å². The van der Waals surface area contributed by atoms with Crippen LogP contribution in [0.25, 0.3) is 0 Å². The monoisotopic (exact) mass is 347 g/mol. The Bertz CT molecular complexity index is 586. The highest BCUT2D eigenvalue weighted by atomic mass is 31.2. The first-order valence-electron chi connectivity index (χ1n) is 7.11. The minimum absolute atomic E-state index is 0.219. The van der Waals surface area contributed by atoms with Crippen LogP contribution in [0.15, 0.2) is 30.3 Å². The molecule has 0 aliphatic carbocycles. The number of benzene rings is 1. The molecule has 0 spiro atoms. The third-order valence-electron chi connectivity index (χ3n) is 3.06. The fourth-order valence-corrected chi connectivity index (χ4v) is 3.68. The zero-order chi connectivity index (χ0) is 17.5. The average Bonchev–Trinajstić information content (AvgIpc) is 2.53. The highest BCUT2D eigenvalue weighted by molar-refractivity contribution is 7.55. The normalized spacial score (nSPS) is 14.2. The van der Waals surface area contributed by atoms with Crippen LogP contribution >= 0.6 is 7.60 Å². The van der Waals surface area contributed by atoms with Crippen LogP contribution in [0.2, 0.25) is 0 Å². The van der Waals surface area contributed by atoms with Crippen molar-refractivity contribution in [3.63, 3.8) is 0 Å². The molecule has 1 aromatic rings. The van der Waals surface area contributed by atoms with Crippen LogP contribution in [0, 0.1) is 10.1 Å². The van der Waals surface area contributed by atoms with Gasteiger partial charge < -0.3 is 9.05 Å². The molecule has 0 amide bonds. The average molecular weight is 347 g/mol. The highest BCUT2D eigenvalue weighted by Gasteiger charge is 2.63. The van der Waals surface area contributed by atoms with Gasteiger partial charge in [-0.3, -0.25) is 14.9 Å². The number of ketones is 1. The second-order valence-corrected chi connectivity index (χ2v) is 6.79. The first kappa shape index (κ1) is 19.4. The van der Waals surface area contributed by atoms with Crippen LogP contribution in [0.5, 0.6) is 0 Å². The van der Waals surface area contributed by atoms with Crippen molar-refractivity contribution in [3.05, 3.63) is 46.0 Å². The van der Waals surface area contributed by atoms with Crippen molar-refractivity contribution in [2.24, 2.45) is 0 Å². The van der Waals surface area contributed by atoms with Crippen LogP contribution in [-0.4, -0.2) is 29.5 Å². The lowest BCUT2D eigenvalue weighted by atomic mass is 10.1. The summed E-state index contributed by atoms with van der Waals surface area (Å²) in [6.45, 7) is 2.40. The summed E-state index contributed by atoms with van der Waals surface area (Å²) in [7, 11) is -4.66. The second kappa shape index (κ2) is 8.29. The molecule has 0 saturated carbocycles. The number of Topliss-reactive ketones (excluding diaryl/α,β-unsaturated/α-hetero) is 1. The molecule has 0 aromatic heterocycles. The maximum atomic E-state index is 14.8. The van der Waals surface area contributed by atoms with Crippen LogP contribution in [0.4, 0.5) is 4.39 Å². The van der Waals surface area contributed by atoms with Gasteiger partial charge in [0, 0.05) is 12.0 Å². The van der Waals surface area contributed by atoms with E-state index in [9.17, 15) is 23.9 Å². The molecule has 9 heteroatoms. The SMILES string of the molecule is CCOP(=O)(OCC)C(F)(CCC(=O)c1ccccc1)[N+](=O)[O-]. The zero-order valence-electron chi connectivity index (χ0n) is 12.9. The van der Waals surface area contributed by atoms with Gasteiger partial charge in [-0.05, 0) is 13.8 Å². The fraction of sp³-hybridized carbons (Fsp3) is 0.500. The summed E-state index contributed by atoms with van der Waals surface area (Å²) in [6.07, 6.45) is -1.39. The van der Waals surface area contributed by atoms with Gasteiger partial charge in [0.05, 0.1) is 24.6 Å². The molecule has 7 nitrogen and oxygen atoms in total. The summed E-state index contributed by atoms with van der Waals surface area (Å²) in [5.41, 5.74) is -3.18. The first-order valence-corrected chi connectivity index (χ1v) is 8.66. The predicted octanol–water partition coefficient (Wildman–Crippen LogP) is 3.82. The lowest BCUT2D eigenvalue weighted by molar-refractivity contribution is -0.579. The van der Waals surface area contributed by atoms with E-state index in [1.54, 1.807) is 18.2 Å². The van der Waals surface area contributed by atoms with E-state index in [1.165, 1.54) is 26.0 Å². The molecule has 0 heterocycles. The third-order valence-corrected chi connectivity index (χ3v) is 5.49. The summed E-state index contributed by atoms with van der Waals surface area (Å²) in [6, 6.07) is 7.97. The molecule has 0 aliphatic rings. The Kier molecular flexibility index (Phi) is 7.00. The van der Waals surface area contributed by atoms with Crippen molar-refractivity contribution in [1.82, 2.24) is 0 Å². The Labute approximate surface area is 133 Å². The Morgan fingerprint density at radius 3 is 2.22 bits per heavy atom. The number of rotatable bonds is 10. The molecule has 23 heavy (non-hydrogen) atoms. The molecular formula is C14H19FNO6P. The van der Waals surface area contributed by atoms with E-state index < -0.39 is 36.7 Å². The molecule has 1 rings (SSSR count). The molecule has 0 saturated heterocycles. The quantitative estimate of drug-likeness (QED) is 0.210. The second-order valence-electron chi connectivity index (χ2n) is 4.60. The van der Waals surface area contributed by atoms with Crippen LogP contribution < -0.4 is 0 Å². The fourth-order valence-electron chi connectivity index (χ4n) is 1.94. The number of carbonyl (C=O) groups excluding carboxylic acids is 1. The standard InChI is InChI=1S/C14H19FNO6P/c1-3-21-23(20,22-4-2)14(15,16(18)19)11-10-13(17)12-8-6-5-7-9-12/h5-9H,3-4,10-11H2,1-2H3. The first-order chi connectivity index (χ1) is 10.8. The lowest BCUT2D eigenvalue weighted by Crippen LogP contribution is -2.35. The molecule has 0 aliphatic heterocycles. The van der Waals surface area contributed by atoms with Crippen molar-refractivity contribution in [3.8, 4) is 0 Å². The van der Waals surface area contributed by atoms with Crippen molar-refractivity contribution < 1.29 is 27.7 Å². The smallest absolute Gasteiger partial charge is 0.302 e. The van der Waals surface area contributed by atoms with E-state index in [0.717, 1.165) is 0 Å². The molecule has 0 bridgehead atoms. The molecule has 128 valence electrons. The van der Waals surface area contributed by atoms with Gasteiger partial charge in [0.15, 0.2) is 5.78 Å². The van der Waals surface area contributed by atoms with Gasteiger partial charge in [-0.2, -0.15) is 4.39 Å². The molecule has 1 unspecified atom stereocenters. The van der Waals surface area contributed by atoms with E-state index in [2.05, 4.69) is 0 Å². The predicted molar refractivity (Wildman–Crippen MR) is 81.7 cm³/mol. The zero-order valence-corrected chi connectivity index (χ0v) is 13.8. The molecule has 0 fully saturated rings. The van der Waals surface area contributed by atoms with Gasteiger partial charge in [0.1, 0.15) is 0 Å². The van der Waals surface area contributed by atoms with E-state index in [4.69, 9.17) is 9.05 Å². The number of alkyl halides is 1. The minimum atomic E-state index is -4.66. The number of halogens is 1. The topological polar surface area (TPSA) is 95.7 Å². The highest BCUT2D eigenvalue weighted by Crippen LogP contribution is 2.62. The van der Waals surface area contributed by atoms with Crippen molar-refractivity contribution in [2.45, 2.75) is 32.2 Å². The third kappa shape index (κ3) is 4.43. The van der Waals surface area contributed by atoms with Crippen molar-refractivity contribution in [1.29, 1.82) is 0 Å². The largest absolute Gasteiger partial charge is 0.456 e. The van der Waals surface area contributed by atoms with Gasteiger partial charge in [0.25, 0.3) is 0 Å². The van der Waals surface area contributed by atoms with Gasteiger partial charge in [0.2, 0.25) is 0 Å². The molecule has 1 aromatic carbocycles. The van der Waals surface area contributed by atoms with E-state index >= 15 is 0 Å². The number of carbonyl (C=O) groups is 1. The molecular weight excluding hydrogens is 328 g/mol. The Hall–Kier alpha value is -1.63. The maximum absolute atomic E-state index is 14.8. The van der Waals surface area contributed by atoms with Crippen LogP contribution in [0.1, 0.15) is 37.0 Å². The van der Waals surface area contributed by atoms with Gasteiger partial charge in [-0.15, -0.1) is 0 Å². The Balaban J connectivity index is 2.99. The summed E-state index contributed by atoms with van der Waals surface area (Å²) in [5.74, 6) is -0.492. The maximum Gasteiger partial charge on any atom is 0.456 e. The van der Waals surface area contributed by atoms with Crippen molar-refractivity contribution >= 4 is 13.4 Å². The number of nitrogens with zero attached hydrogens (tertiary/aromatic N) is 1. The molecule has 0 N–H and O–H groups in total. The van der Waals surface area contributed by atoms with Crippen molar-refractivity contribution in [2.75, 3.05) is 13.2 Å².